The zero-order valence-corrected chi connectivity index (χ0v) is 11.4. The molecule has 0 bridgehead atoms. The van der Waals surface area contributed by atoms with E-state index in [-0.39, 0.29) is 5.82 Å². The third-order valence-corrected chi connectivity index (χ3v) is 4.48. The fourth-order valence-electron chi connectivity index (χ4n) is 3.21. The second-order valence-electron chi connectivity index (χ2n) is 5.73. The first-order chi connectivity index (χ1) is 9.22. The summed E-state index contributed by atoms with van der Waals surface area (Å²) in [5.74, 6) is 0.0828. The first-order valence-corrected chi connectivity index (χ1v) is 7.23. The molecule has 2 heterocycles. The molecule has 1 aliphatic carbocycles. The van der Waals surface area contributed by atoms with Crippen molar-refractivity contribution in [2.24, 2.45) is 0 Å². The quantitative estimate of drug-likeness (QED) is 0.879. The van der Waals surface area contributed by atoms with E-state index in [1.54, 1.807) is 0 Å². The van der Waals surface area contributed by atoms with E-state index >= 15 is 0 Å². The summed E-state index contributed by atoms with van der Waals surface area (Å²) in [4.78, 5) is 8.02. The fourth-order valence-corrected chi connectivity index (χ4v) is 3.21. The Morgan fingerprint density at radius 2 is 2.32 bits per heavy atom. The smallest absolute Gasteiger partial charge is 0.186 e. The SMILES string of the molecule is CCc1ncnc(NC2CCNC3(CCC3)C2)c1F. The second-order valence-corrected chi connectivity index (χ2v) is 5.73. The van der Waals surface area contributed by atoms with E-state index in [0.29, 0.717) is 29.5 Å². The van der Waals surface area contributed by atoms with Gasteiger partial charge in [-0.05, 0) is 45.1 Å². The molecular formula is C14H21FN4. The Morgan fingerprint density at radius 1 is 1.47 bits per heavy atom. The summed E-state index contributed by atoms with van der Waals surface area (Å²) in [6, 6.07) is 0.315. The molecule has 1 aromatic heterocycles. The van der Waals surface area contributed by atoms with Gasteiger partial charge in [0.25, 0.3) is 0 Å². The maximum atomic E-state index is 14.1. The number of aryl methyl sites for hydroxylation is 1. The standard InChI is InChI=1S/C14H21FN4/c1-2-11-12(15)13(17-9-16-11)19-10-4-7-18-14(8-10)5-3-6-14/h9-10,18H,2-8H2,1H3,(H,16,17,19). The van der Waals surface area contributed by atoms with Crippen molar-refractivity contribution in [1.29, 1.82) is 0 Å². The van der Waals surface area contributed by atoms with Gasteiger partial charge in [-0.3, -0.25) is 0 Å². The van der Waals surface area contributed by atoms with Gasteiger partial charge in [0.15, 0.2) is 11.6 Å². The lowest BCUT2D eigenvalue weighted by molar-refractivity contribution is 0.135. The van der Waals surface area contributed by atoms with E-state index < -0.39 is 0 Å². The molecule has 4 nitrogen and oxygen atoms in total. The van der Waals surface area contributed by atoms with E-state index in [9.17, 15) is 4.39 Å². The minimum atomic E-state index is -0.286. The van der Waals surface area contributed by atoms with Gasteiger partial charge < -0.3 is 10.6 Å². The number of nitrogens with one attached hydrogen (secondary N) is 2. The molecule has 1 saturated heterocycles. The summed E-state index contributed by atoms with van der Waals surface area (Å²) in [6.45, 7) is 2.91. The monoisotopic (exact) mass is 264 g/mol. The molecule has 2 aliphatic rings. The van der Waals surface area contributed by atoms with E-state index in [2.05, 4.69) is 20.6 Å². The molecule has 1 aromatic rings. The Hall–Kier alpha value is -1.23. The molecule has 19 heavy (non-hydrogen) atoms. The summed E-state index contributed by atoms with van der Waals surface area (Å²) in [6.07, 6.45) is 7.94. The number of hydrogen-bond donors (Lipinski definition) is 2. The number of halogens is 1. The van der Waals surface area contributed by atoms with Crippen LogP contribution in [-0.2, 0) is 6.42 Å². The molecule has 1 saturated carbocycles. The van der Waals surface area contributed by atoms with Crippen molar-refractivity contribution in [3.05, 3.63) is 17.8 Å². The Bertz CT molecular complexity index is 459. The van der Waals surface area contributed by atoms with Gasteiger partial charge in [-0.1, -0.05) is 6.92 Å². The minimum absolute atomic E-state index is 0.286. The number of rotatable bonds is 3. The molecule has 3 rings (SSSR count). The van der Waals surface area contributed by atoms with Gasteiger partial charge in [0.05, 0.1) is 5.69 Å². The van der Waals surface area contributed by atoms with Crippen LogP contribution in [0.4, 0.5) is 10.2 Å². The van der Waals surface area contributed by atoms with E-state index in [0.717, 1.165) is 19.4 Å². The Morgan fingerprint density at radius 3 is 3.00 bits per heavy atom. The third kappa shape index (κ3) is 2.43. The molecular weight excluding hydrogens is 243 g/mol. The highest BCUT2D eigenvalue weighted by molar-refractivity contribution is 5.38. The average molecular weight is 264 g/mol. The number of piperidine rings is 1. The number of aromatic nitrogens is 2. The first kappa shape index (κ1) is 12.8. The fraction of sp³-hybridized carbons (Fsp3) is 0.714. The molecule has 5 heteroatoms. The predicted octanol–water partition coefficient (Wildman–Crippen LogP) is 2.26. The molecule has 0 radical (unpaired) electrons. The summed E-state index contributed by atoms with van der Waals surface area (Å²) in [5, 5.41) is 6.90. The van der Waals surface area contributed by atoms with Gasteiger partial charge >= 0.3 is 0 Å². The second kappa shape index (κ2) is 5.04. The minimum Gasteiger partial charge on any atom is -0.365 e. The largest absolute Gasteiger partial charge is 0.365 e. The van der Waals surface area contributed by atoms with Gasteiger partial charge in [-0.2, -0.15) is 0 Å². The van der Waals surface area contributed by atoms with Crippen molar-refractivity contribution in [1.82, 2.24) is 15.3 Å². The van der Waals surface area contributed by atoms with Crippen molar-refractivity contribution in [2.45, 2.75) is 57.0 Å². The maximum Gasteiger partial charge on any atom is 0.186 e. The summed E-state index contributed by atoms with van der Waals surface area (Å²) < 4.78 is 14.1. The maximum absolute atomic E-state index is 14.1. The molecule has 104 valence electrons. The summed E-state index contributed by atoms with van der Waals surface area (Å²) in [5.41, 5.74) is 0.803. The predicted molar refractivity (Wildman–Crippen MR) is 72.6 cm³/mol. The molecule has 1 spiro atoms. The Labute approximate surface area is 113 Å². The van der Waals surface area contributed by atoms with Crippen LogP contribution in [0, 0.1) is 5.82 Å². The van der Waals surface area contributed by atoms with E-state index in [4.69, 9.17) is 0 Å². The van der Waals surface area contributed by atoms with Crippen LogP contribution < -0.4 is 10.6 Å². The number of nitrogens with zero attached hydrogens (tertiary/aromatic N) is 2. The molecule has 0 amide bonds. The van der Waals surface area contributed by atoms with Gasteiger partial charge in [0, 0.05) is 11.6 Å². The molecule has 1 aliphatic heterocycles. The van der Waals surface area contributed by atoms with Crippen LogP contribution in [0.15, 0.2) is 6.33 Å². The number of anilines is 1. The first-order valence-electron chi connectivity index (χ1n) is 7.23. The summed E-state index contributed by atoms with van der Waals surface area (Å²) in [7, 11) is 0. The van der Waals surface area contributed by atoms with Crippen LogP contribution in [-0.4, -0.2) is 28.1 Å². The van der Waals surface area contributed by atoms with Gasteiger partial charge in [-0.15, -0.1) is 0 Å². The van der Waals surface area contributed by atoms with Crippen LogP contribution in [0.5, 0.6) is 0 Å². The van der Waals surface area contributed by atoms with Crippen molar-refractivity contribution in [3.63, 3.8) is 0 Å². The van der Waals surface area contributed by atoms with Gasteiger partial charge in [0.2, 0.25) is 0 Å². The van der Waals surface area contributed by atoms with Crippen molar-refractivity contribution >= 4 is 5.82 Å². The Balaban J connectivity index is 1.71. The van der Waals surface area contributed by atoms with Crippen molar-refractivity contribution in [2.75, 3.05) is 11.9 Å². The zero-order chi connectivity index (χ0) is 13.3. The lowest BCUT2D eigenvalue weighted by atomic mass is 9.70. The van der Waals surface area contributed by atoms with Crippen LogP contribution >= 0.6 is 0 Å². The van der Waals surface area contributed by atoms with Crippen molar-refractivity contribution < 1.29 is 4.39 Å². The molecule has 2 N–H and O–H groups in total. The number of hydrogen-bond acceptors (Lipinski definition) is 4. The average Bonchev–Trinajstić information content (AvgIpc) is 2.40. The van der Waals surface area contributed by atoms with E-state index in [1.807, 2.05) is 6.92 Å². The van der Waals surface area contributed by atoms with Gasteiger partial charge in [-0.25, -0.2) is 14.4 Å². The highest BCUT2D eigenvalue weighted by Crippen LogP contribution is 2.38. The molecule has 1 unspecified atom stereocenters. The lowest BCUT2D eigenvalue weighted by Crippen LogP contribution is -2.58. The highest BCUT2D eigenvalue weighted by atomic mass is 19.1. The summed E-state index contributed by atoms with van der Waals surface area (Å²) >= 11 is 0. The van der Waals surface area contributed by atoms with Crippen molar-refractivity contribution in [3.8, 4) is 0 Å². The van der Waals surface area contributed by atoms with Crippen LogP contribution in [0.3, 0.4) is 0 Å². The third-order valence-electron chi connectivity index (χ3n) is 4.48. The van der Waals surface area contributed by atoms with Crippen LogP contribution in [0.25, 0.3) is 0 Å². The highest BCUT2D eigenvalue weighted by Gasteiger charge is 2.41. The van der Waals surface area contributed by atoms with Crippen LogP contribution in [0.1, 0.15) is 44.7 Å². The zero-order valence-electron chi connectivity index (χ0n) is 11.4. The normalized spacial score (nSPS) is 25.1. The lowest BCUT2D eigenvalue weighted by Gasteiger charge is -2.48. The molecule has 0 aromatic carbocycles. The molecule has 1 atom stereocenters. The van der Waals surface area contributed by atoms with Crippen LogP contribution in [0.2, 0.25) is 0 Å². The van der Waals surface area contributed by atoms with E-state index in [1.165, 1.54) is 25.6 Å². The Kier molecular flexibility index (Phi) is 3.39. The van der Waals surface area contributed by atoms with Gasteiger partial charge in [0.1, 0.15) is 6.33 Å². The molecule has 2 fully saturated rings. The topological polar surface area (TPSA) is 49.8 Å².